The highest BCUT2D eigenvalue weighted by molar-refractivity contribution is 7.99. The van der Waals surface area contributed by atoms with Crippen LogP contribution in [0.3, 0.4) is 0 Å². The summed E-state index contributed by atoms with van der Waals surface area (Å²) in [5.74, 6) is -2.88. The Bertz CT molecular complexity index is 477. The Morgan fingerprint density at radius 2 is 2.00 bits per heavy atom. The second kappa shape index (κ2) is 6.96. The second-order valence-corrected chi connectivity index (χ2v) is 5.44. The van der Waals surface area contributed by atoms with Crippen LogP contribution in [0.25, 0.3) is 0 Å². The van der Waals surface area contributed by atoms with E-state index in [0.29, 0.717) is 5.75 Å². The third-order valence-corrected chi connectivity index (χ3v) is 3.62. The number of aliphatic hydroxyl groups excluding tert-OH is 1. The van der Waals surface area contributed by atoms with Crippen molar-refractivity contribution in [2.75, 3.05) is 5.75 Å². The van der Waals surface area contributed by atoms with Gasteiger partial charge in [-0.25, -0.2) is 13.2 Å². The molecule has 0 amide bonds. The van der Waals surface area contributed by atoms with Crippen LogP contribution in [0.1, 0.15) is 25.3 Å². The van der Waals surface area contributed by atoms with E-state index in [1.807, 2.05) is 0 Å². The Morgan fingerprint density at radius 1 is 1.37 bits per heavy atom. The molecule has 19 heavy (non-hydrogen) atoms. The van der Waals surface area contributed by atoms with Crippen molar-refractivity contribution in [3.8, 4) is 0 Å². The summed E-state index contributed by atoms with van der Waals surface area (Å²) in [6, 6.07) is 0.805. The SMILES string of the molecule is CC(=O)CC(O)CCSc1cc(F)c(F)c(C)c1F. The molecule has 0 fully saturated rings. The number of halogens is 3. The molecule has 106 valence electrons. The Hall–Kier alpha value is -1.01. The van der Waals surface area contributed by atoms with Crippen LogP contribution >= 0.6 is 11.8 Å². The zero-order chi connectivity index (χ0) is 14.6. The van der Waals surface area contributed by atoms with Gasteiger partial charge in [-0.05, 0) is 26.3 Å². The molecule has 0 saturated carbocycles. The number of rotatable bonds is 6. The first-order valence-corrected chi connectivity index (χ1v) is 6.76. The molecule has 1 atom stereocenters. The molecule has 0 bridgehead atoms. The predicted octanol–water partition coefficient (Wildman–Crippen LogP) is 3.23. The summed E-state index contributed by atoms with van der Waals surface area (Å²) in [7, 11) is 0. The van der Waals surface area contributed by atoms with E-state index in [0.717, 1.165) is 17.8 Å². The van der Waals surface area contributed by atoms with Crippen LogP contribution in [0.5, 0.6) is 0 Å². The number of carbonyl (C=O) groups is 1. The van der Waals surface area contributed by atoms with Gasteiger partial charge in [0.1, 0.15) is 11.6 Å². The van der Waals surface area contributed by atoms with Gasteiger partial charge in [-0.2, -0.15) is 0 Å². The van der Waals surface area contributed by atoms with Crippen molar-refractivity contribution in [1.29, 1.82) is 0 Å². The van der Waals surface area contributed by atoms with Gasteiger partial charge in [0.15, 0.2) is 11.6 Å². The average molecular weight is 292 g/mol. The molecule has 1 rings (SSSR count). The normalized spacial score (nSPS) is 12.5. The van der Waals surface area contributed by atoms with E-state index >= 15 is 0 Å². The third kappa shape index (κ3) is 4.54. The number of benzene rings is 1. The first kappa shape index (κ1) is 16.0. The maximum Gasteiger partial charge on any atom is 0.164 e. The zero-order valence-corrected chi connectivity index (χ0v) is 11.5. The summed E-state index contributed by atoms with van der Waals surface area (Å²) in [6.45, 7) is 2.54. The molecular weight excluding hydrogens is 277 g/mol. The highest BCUT2D eigenvalue weighted by Crippen LogP contribution is 2.28. The van der Waals surface area contributed by atoms with Crippen LogP contribution in [-0.4, -0.2) is 22.7 Å². The van der Waals surface area contributed by atoms with E-state index in [4.69, 9.17) is 0 Å². The number of Topliss-reactive ketones (excluding diaryl/α,β-unsaturated/α-hetero) is 1. The molecule has 2 nitrogen and oxygen atoms in total. The fourth-order valence-corrected chi connectivity index (χ4v) is 2.62. The summed E-state index contributed by atoms with van der Waals surface area (Å²) >= 11 is 0.987. The van der Waals surface area contributed by atoms with Gasteiger partial charge >= 0.3 is 0 Å². The minimum absolute atomic E-state index is 0.00595. The lowest BCUT2D eigenvalue weighted by atomic mass is 10.1. The van der Waals surface area contributed by atoms with E-state index in [1.54, 1.807) is 0 Å². The minimum Gasteiger partial charge on any atom is -0.393 e. The quantitative estimate of drug-likeness (QED) is 0.646. The smallest absolute Gasteiger partial charge is 0.164 e. The van der Waals surface area contributed by atoms with Crippen LogP contribution in [-0.2, 0) is 4.79 Å². The Morgan fingerprint density at radius 3 is 2.58 bits per heavy atom. The van der Waals surface area contributed by atoms with Crippen molar-refractivity contribution in [2.24, 2.45) is 0 Å². The monoisotopic (exact) mass is 292 g/mol. The number of aliphatic hydroxyl groups is 1. The van der Waals surface area contributed by atoms with Gasteiger partial charge in [-0.15, -0.1) is 11.8 Å². The highest BCUT2D eigenvalue weighted by Gasteiger charge is 2.16. The molecule has 6 heteroatoms. The molecule has 0 heterocycles. The molecule has 1 N–H and O–H groups in total. The van der Waals surface area contributed by atoms with Crippen molar-refractivity contribution < 1.29 is 23.1 Å². The average Bonchev–Trinajstić information content (AvgIpc) is 2.32. The lowest BCUT2D eigenvalue weighted by Gasteiger charge is -2.10. The standard InChI is InChI=1S/C13H15F3O2S/c1-7(17)5-9(18)3-4-19-11-6-10(14)12(15)8(2)13(11)16/h6,9,18H,3-5H2,1-2H3. The van der Waals surface area contributed by atoms with Gasteiger partial charge in [-0.1, -0.05) is 0 Å². The van der Waals surface area contributed by atoms with E-state index in [2.05, 4.69) is 0 Å². The van der Waals surface area contributed by atoms with Crippen LogP contribution in [0.2, 0.25) is 0 Å². The molecule has 1 unspecified atom stereocenters. The van der Waals surface area contributed by atoms with Gasteiger partial charge in [0, 0.05) is 22.6 Å². The van der Waals surface area contributed by atoms with Crippen molar-refractivity contribution in [3.05, 3.63) is 29.1 Å². The van der Waals surface area contributed by atoms with Crippen molar-refractivity contribution >= 4 is 17.5 Å². The number of carbonyl (C=O) groups excluding carboxylic acids is 1. The van der Waals surface area contributed by atoms with Crippen molar-refractivity contribution in [3.63, 3.8) is 0 Å². The van der Waals surface area contributed by atoms with Crippen LogP contribution in [0, 0.1) is 24.4 Å². The van der Waals surface area contributed by atoms with Crippen LogP contribution in [0.4, 0.5) is 13.2 Å². The summed E-state index contributed by atoms with van der Waals surface area (Å²) < 4.78 is 39.8. The maximum atomic E-state index is 13.6. The summed E-state index contributed by atoms with van der Waals surface area (Å²) in [4.78, 5) is 10.8. The molecule has 0 radical (unpaired) electrons. The van der Waals surface area contributed by atoms with Crippen LogP contribution < -0.4 is 0 Å². The summed E-state index contributed by atoms with van der Waals surface area (Å²) in [5, 5.41) is 9.46. The Balaban J connectivity index is 2.61. The fourth-order valence-electron chi connectivity index (χ4n) is 1.55. The van der Waals surface area contributed by atoms with Gasteiger partial charge in [0.25, 0.3) is 0 Å². The lowest BCUT2D eigenvalue weighted by molar-refractivity contribution is -0.118. The molecule has 0 aliphatic rings. The lowest BCUT2D eigenvalue weighted by Crippen LogP contribution is -2.12. The number of ketones is 1. The minimum atomic E-state index is -1.18. The number of thioether (sulfide) groups is 1. The topological polar surface area (TPSA) is 37.3 Å². The summed E-state index contributed by atoms with van der Waals surface area (Å²) in [5.41, 5.74) is -0.355. The molecule has 0 saturated heterocycles. The number of hydrogen-bond donors (Lipinski definition) is 1. The predicted molar refractivity (Wildman–Crippen MR) is 67.7 cm³/mol. The van der Waals surface area contributed by atoms with E-state index in [1.165, 1.54) is 13.8 Å². The zero-order valence-electron chi connectivity index (χ0n) is 10.7. The fraction of sp³-hybridized carbons (Fsp3) is 0.462. The first-order chi connectivity index (χ1) is 8.82. The van der Waals surface area contributed by atoms with E-state index in [9.17, 15) is 23.1 Å². The molecule has 1 aromatic carbocycles. The van der Waals surface area contributed by atoms with E-state index in [-0.39, 0.29) is 29.1 Å². The molecule has 0 spiro atoms. The summed E-state index contributed by atoms with van der Waals surface area (Å²) in [6.07, 6.45) is -0.471. The van der Waals surface area contributed by atoms with Gasteiger partial charge in [0.05, 0.1) is 6.10 Å². The van der Waals surface area contributed by atoms with Gasteiger partial charge in [-0.3, -0.25) is 4.79 Å². The molecule has 0 aliphatic carbocycles. The van der Waals surface area contributed by atoms with Gasteiger partial charge < -0.3 is 5.11 Å². The second-order valence-electron chi connectivity index (χ2n) is 4.31. The molecular formula is C13H15F3O2S. The molecule has 0 aliphatic heterocycles. The number of hydrogen-bond acceptors (Lipinski definition) is 3. The molecule has 0 aromatic heterocycles. The largest absolute Gasteiger partial charge is 0.393 e. The first-order valence-electron chi connectivity index (χ1n) is 5.77. The Labute approximate surface area is 114 Å². The highest BCUT2D eigenvalue weighted by atomic mass is 32.2. The Kier molecular flexibility index (Phi) is 5.87. The maximum absolute atomic E-state index is 13.6. The van der Waals surface area contributed by atoms with Crippen molar-refractivity contribution in [1.82, 2.24) is 0 Å². The van der Waals surface area contributed by atoms with E-state index < -0.39 is 23.6 Å². The van der Waals surface area contributed by atoms with Crippen LogP contribution in [0.15, 0.2) is 11.0 Å². The molecule has 1 aromatic rings. The third-order valence-electron chi connectivity index (χ3n) is 2.57. The van der Waals surface area contributed by atoms with Crippen molar-refractivity contribution in [2.45, 2.75) is 37.7 Å². The van der Waals surface area contributed by atoms with Gasteiger partial charge in [0.2, 0.25) is 0 Å².